The van der Waals surface area contributed by atoms with Gasteiger partial charge in [-0.2, -0.15) is 0 Å². The van der Waals surface area contributed by atoms with E-state index >= 15 is 0 Å². The van der Waals surface area contributed by atoms with E-state index in [-0.39, 0.29) is 11.1 Å². The maximum Gasteiger partial charge on any atom is 0.192 e. The van der Waals surface area contributed by atoms with Gasteiger partial charge in [-0.25, -0.2) is 0 Å². The van der Waals surface area contributed by atoms with Crippen molar-refractivity contribution < 1.29 is 9.53 Å². The normalized spacial score (nSPS) is 42.2. The number of hydrogen-bond donors (Lipinski definition) is 1. The minimum Gasteiger partial charge on any atom is -0.410 e. The van der Waals surface area contributed by atoms with Crippen LogP contribution in [0.15, 0.2) is 35.5 Å². The number of aliphatic hydroxyl groups excluding tert-OH is 1. The molecule has 0 aromatic rings. The van der Waals surface area contributed by atoms with Crippen molar-refractivity contribution in [1.82, 2.24) is 0 Å². The van der Waals surface area contributed by atoms with Gasteiger partial charge in [0.1, 0.15) is 6.10 Å². The van der Waals surface area contributed by atoms with Crippen LogP contribution < -0.4 is 0 Å². The van der Waals surface area contributed by atoms with Crippen LogP contribution in [0.2, 0.25) is 18.1 Å². The average molecular weight is 645 g/mol. The maximum atomic E-state index is 11.1. The molecular formula is C43H68O2Si. The van der Waals surface area contributed by atoms with E-state index < -0.39 is 14.4 Å². The Morgan fingerprint density at radius 2 is 1.70 bits per heavy atom. The SMILES string of the molecule is C=C1[C@H](C)C/C(=C/C=C2\CCC[C@@]3(C)C2CC[C@@H]3[C@H](C)CC#CC(O)CC23CC4CC(CC(C4)C2)C3)C[C@H]1O[Si](C)(C)C(C)(C)C. The number of allylic oxidation sites excluding steroid dienone is 3. The fourth-order valence-electron chi connectivity index (χ4n) is 12.0. The lowest BCUT2D eigenvalue weighted by Gasteiger charge is -2.57. The van der Waals surface area contributed by atoms with Gasteiger partial charge in [0.05, 0.1) is 6.10 Å². The second kappa shape index (κ2) is 13.0. The van der Waals surface area contributed by atoms with Crippen molar-refractivity contribution in [2.75, 3.05) is 0 Å². The van der Waals surface area contributed by atoms with Crippen LogP contribution >= 0.6 is 0 Å². The summed E-state index contributed by atoms with van der Waals surface area (Å²) in [6, 6.07) is 0. The highest BCUT2D eigenvalue weighted by Gasteiger charge is 2.52. The van der Waals surface area contributed by atoms with E-state index in [0.29, 0.717) is 28.6 Å². The molecule has 0 spiro atoms. The summed E-state index contributed by atoms with van der Waals surface area (Å²) >= 11 is 0. The first-order valence-corrected chi connectivity index (χ1v) is 22.4. The Labute approximate surface area is 284 Å². The Bertz CT molecular complexity index is 1230. The van der Waals surface area contributed by atoms with E-state index in [0.717, 1.165) is 49.4 Å². The molecule has 0 amide bonds. The van der Waals surface area contributed by atoms with E-state index in [1.165, 1.54) is 76.2 Å². The Hall–Kier alpha value is -1.08. The molecule has 7 aliphatic carbocycles. The summed E-state index contributed by atoms with van der Waals surface area (Å²) in [6.07, 6.45) is 23.8. The molecule has 7 saturated carbocycles. The molecule has 7 rings (SSSR count). The number of rotatable bonds is 7. The lowest BCUT2D eigenvalue weighted by molar-refractivity contribution is -0.0696. The first kappa shape index (κ1) is 34.8. The van der Waals surface area contributed by atoms with Crippen molar-refractivity contribution in [3.05, 3.63) is 35.5 Å². The van der Waals surface area contributed by atoms with Gasteiger partial charge in [-0.3, -0.25) is 0 Å². The highest BCUT2D eigenvalue weighted by Crippen LogP contribution is 2.62. The van der Waals surface area contributed by atoms with Gasteiger partial charge in [0.2, 0.25) is 0 Å². The molecule has 2 unspecified atom stereocenters. The fourth-order valence-corrected chi connectivity index (χ4v) is 13.3. The van der Waals surface area contributed by atoms with Gasteiger partial charge in [-0.1, -0.05) is 77.3 Å². The summed E-state index contributed by atoms with van der Waals surface area (Å²) in [4.78, 5) is 0. The molecule has 7 aliphatic rings. The summed E-state index contributed by atoms with van der Waals surface area (Å²) in [5, 5.41) is 11.3. The summed E-state index contributed by atoms with van der Waals surface area (Å²) in [5.74, 6) is 12.2. The molecule has 0 heterocycles. The highest BCUT2D eigenvalue weighted by molar-refractivity contribution is 6.74. The second-order valence-corrected chi connectivity index (χ2v) is 24.3. The van der Waals surface area contributed by atoms with Crippen LogP contribution in [0.25, 0.3) is 0 Å². The van der Waals surface area contributed by atoms with Gasteiger partial charge >= 0.3 is 0 Å². The predicted octanol–water partition coefficient (Wildman–Crippen LogP) is 11.4. The van der Waals surface area contributed by atoms with Gasteiger partial charge in [-0.05, 0) is 166 Å². The van der Waals surface area contributed by atoms with Crippen molar-refractivity contribution in [3.63, 3.8) is 0 Å². The van der Waals surface area contributed by atoms with E-state index in [1.54, 1.807) is 11.1 Å². The Balaban J connectivity index is 1.07. The molecule has 256 valence electrons. The van der Waals surface area contributed by atoms with Crippen LogP contribution in [0.3, 0.4) is 0 Å². The van der Waals surface area contributed by atoms with Crippen LogP contribution in [-0.2, 0) is 4.43 Å². The zero-order valence-corrected chi connectivity index (χ0v) is 32.0. The predicted molar refractivity (Wildman–Crippen MR) is 197 cm³/mol. The zero-order chi connectivity index (χ0) is 33.1. The molecule has 4 bridgehead atoms. The van der Waals surface area contributed by atoms with E-state index in [4.69, 9.17) is 4.43 Å². The van der Waals surface area contributed by atoms with Gasteiger partial charge in [-0.15, -0.1) is 5.92 Å². The zero-order valence-electron chi connectivity index (χ0n) is 31.0. The number of hydrogen-bond acceptors (Lipinski definition) is 2. The van der Waals surface area contributed by atoms with Gasteiger partial charge in [0.25, 0.3) is 0 Å². The van der Waals surface area contributed by atoms with Crippen molar-refractivity contribution in [1.29, 1.82) is 0 Å². The summed E-state index contributed by atoms with van der Waals surface area (Å²) < 4.78 is 6.93. The number of fused-ring (bicyclic) bond motifs is 1. The summed E-state index contributed by atoms with van der Waals surface area (Å²) in [7, 11) is -1.85. The third-order valence-corrected chi connectivity index (χ3v) is 19.5. The highest BCUT2D eigenvalue weighted by atomic mass is 28.4. The van der Waals surface area contributed by atoms with Gasteiger partial charge in [0, 0.05) is 6.42 Å². The van der Waals surface area contributed by atoms with Crippen molar-refractivity contribution in [2.45, 2.75) is 168 Å². The molecule has 0 aromatic heterocycles. The molecule has 7 atom stereocenters. The van der Waals surface area contributed by atoms with Gasteiger partial charge in [0.15, 0.2) is 8.32 Å². The number of aliphatic hydroxyl groups is 1. The van der Waals surface area contributed by atoms with Crippen LogP contribution in [0, 0.1) is 64.1 Å². The quantitative estimate of drug-likeness (QED) is 0.170. The smallest absolute Gasteiger partial charge is 0.192 e. The van der Waals surface area contributed by atoms with Crippen molar-refractivity contribution in [3.8, 4) is 11.8 Å². The molecule has 0 aromatic carbocycles. The Morgan fingerprint density at radius 1 is 1.04 bits per heavy atom. The fraction of sp³-hybridized carbons (Fsp3) is 0.814. The van der Waals surface area contributed by atoms with Crippen molar-refractivity contribution >= 4 is 8.32 Å². The van der Waals surface area contributed by atoms with E-state index in [2.05, 4.69) is 85.2 Å². The van der Waals surface area contributed by atoms with E-state index in [1.807, 2.05) is 0 Å². The van der Waals surface area contributed by atoms with Crippen LogP contribution in [-0.4, -0.2) is 25.6 Å². The third-order valence-electron chi connectivity index (χ3n) is 15.0. The molecule has 1 N–H and O–H groups in total. The molecule has 0 aliphatic heterocycles. The van der Waals surface area contributed by atoms with Crippen LogP contribution in [0.1, 0.15) is 138 Å². The second-order valence-electron chi connectivity index (χ2n) is 19.6. The largest absolute Gasteiger partial charge is 0.410 e. The lowest BCUT2D eigenvalue weighted by atomic mass is 9.48. The first-order valence-electron chi connectivity index (χ1n) is 19.5. The lowest BCUT2D eigenvalue weighted by Crippen LogP contribution is -2.47. The molecular weight excluding hydrogens is 577 g/mol. The molecule has 46 heavy (non-hydrogen) atoms. The molecule has 0 radical (unpaired) electrons. The molecule has 3 heteroatoms. The molecule has 2 nitrogen and oxygen atoms in total. The average Bonchev–Trinajstić information content (AvgIpc) is 3.30. The topological polar surface area (TPSA) is 29.5 Å². The minimum atomic E-state index is -1.85. The van der Waals surface area contributed by atoms with E-state index in [9.17, 15) is 5.11 Å². The summed E-state index contributed by atoms with van der Waals surface area (Å²) in [5.41, 5.74) is 5.34. The van der Waals surface area contributed by atoms with Crippen LogP contribution in [0.5, 0.6) is 0 Å². The first-order chi connectivity index (χ1) is 21.6. The molecule has 0 saturated heterocycles. The van der Waals surface area contributed by atoms with Gasteiger partial charge < -0.3 is 9.53 Å². The van der Waals surface area contributed by atoms with Crippen molar-refractivity contribution in [2.24, 2.45) is 52.3 Å². The monoisotopic (exact) mass is 644 g/mol. The standard InChI is InChI=1S/C43H68O2Si/c1-29(12-10-14-37(44)28-43-25-33-21-34(26-43)23-35(22-33)27-43)38-17-18-39-36(13-11-19-42(38,39)7)16-15-32-20-30(2)31(3)40(24-32)45-46(8,9)41(4,5)6/h15-16,29-30,33-35,37-40,44H,3,11-13,17-28H2,1-2,4-9H3/b32-15-,36-16+/t29-,30-,33?,34?,35?,37?,38-,39?,40-,42-,43?/m1/s1. The Morgan fingerprint density at radius 3 is 2.33 bits per heavy atom. The van der Waals surface area contributed by atoms with Crippen LogP contribution in [0.4, 0.5) is 0 Å². The minimum absolute atomic E-state index is 0.162. The Kier molecular flexibility index (Phi) is 9.82. The third kappa shape index (κ3) is 6.98. The maximum absolute atomic E-state index is 11.1. The summed E-state index contributed by atoms with van der Waals surface area (Å²) in [6.45, 7) is 23.7. The molecule has 7 fully saturated rings.